The predicted octanol–water partition coefficient (Wildman–Crippen LogP) is 2.55. The molecule has 102 valence electrons. The van der Waals surface area contributed by atoms with Crippen molar-refractivity contribution in [2.45, 2.75) is 6.92 Å². The summed E-state index contributed by atoms with van der Waals surface area (Å²) >= 11 is 4.97. The van der Waals surface area contributed by atoms with Crippen molar-refractivity contribution in [1.82, 2.24) is 4.98 Å². The maximum absolute atomic E-state index is 5.71. The van der Waals surface area contributed by atoms with Crippen LogP contribution in [0.4, 0.5) is 0 Å². The monoisotopic (exact) mass is 288 g/mol. The molecule has 3 rings (SSSR count). The summed E-state index contributed by atoms with van der Waals surface area (Å²) in [5.41, 5.74) is 7.14. The molecule has 20 heavy (non-hydrogen) atoms. The van der Waals surface area contributed by atoms with Gasteiger partial charge in [-0.3, -0.25) is 0 Å². The minimum Gasteiger partial charge on any atom is -0.454 e. The van der Waals surface area contributed by atoms with Crippen molar-refractivity contribution < 1.29 is 14.2 Å². The molecular formula is C14H12N2O3S. The molecule has 2 heterocycles. The Morgan fingerprint density at radius 1 is 1.25 bits per heavy atom. The van der Waals surface area contributed by atoms with Crippen LogP contribution in [0.2, 0.25) is 0 Å². The first kappa shape index (κ1) is 12.7. The molecule has 0 bridgehead atoms. The lowest BCUT2D eigenvalue weighted by atomic mass is 10.2. The molecule has 2 aromatic rings. The fourth-order valence-electron chi connectivity index (χ4n) is 1.89. The molecule has 0 unspecified atom stereocenters. The van der Waals surface area contributed by atoms with Gasteiger partial charge in [-0.2, -0.15) is 0 Å². The van der Waals surface area contributed by atoms with Gasteiger partial charge in [0.1, 0.15) is 10.7 Å². The zero-order chi connectivity index (χ0) is 14.1. The molecule has 0 atom stereocenters. The average Bonchev–Trinajstić information content (AvgIpc) is 2.85. The summed E-state index contributed by atoms with van der Waals surface area (Å²) in [4.78, 5) is 4.61. The van der Waals surface area contributed by atoms with Crippen molar-refractivity contribution in [3.8, 4) is 23.1 Å². The van der Waals surface area contributed by atoms with Gasteiger partial charge in [0.2, 0.25) is 12.7 Å². The molecule has 0 fully saturated rings. The highest BCUT2D eigenvalue weighted by molar-refractivity contribution is 7.80. The van der Waals surface area contributed by atoms with E-state index in [-0.39, 0.29) is 6.79 Å². The SMILES string of the molecule is Cc1cc(C(N)=S)cc(Oc2ccc3c(c2)OCO3)n1. The maximum Gasteiger partial charge on any atom is 0.231 e. The van der Waals surface area contributed by atoms with E-state index in [1.54, 1.807) is 24.3 Å². The summed E-state index contributed by atoms with van der Waals surface area (Å²) in [7, 11) is 0. The van der Waals surface area contributed by atoms with Crippen LogP contribution in [0.1, 0.15) is 11.3 Å². The summed E-state index contributed by atoms with van der Waals surface area (Å²) in [5, 5.41) is 0. The molecule has 1 aromatic carbocycles. The second-order valence-electron chi connectivity index (χ2n) is 4.32. The van der Waals surface area contributed by atoms with Crippen molar-refractivity contribution >= 4 is 17.2 Å². The Bertz CT molecular complexity index is 688. The summed E-state index contributed by atoms with van der Waals surface area (Å²) in [6.07, 6.45) is 0. The van der Waals surface area contributed by atoms with Crippen LogP contribution >= 0.6 is 12.2 Å². The highest BCUT2D eigenvalue weighted by Gasteiger charge is 2.14. The number of nitrogens with two attached hydrogens (primary N) is 1. The molecule has 5 nitrogen and oxygen atoms in total. The third kappa shape index (κ3) is 2.50. The maximum atomic E-state index is 5.71. The molecule has 1 aliphatic rings. The van der Waals surface area contributed by atoms with Crippen LogP contribution in [-0.2, 0) is 0 Å². The Kier molecular flexibility index (Phi) is 3.15. The summed E-state index contributed by atoms with van der Waals surface area (Å²) in [6, 6.07) is 8.86. The van der Waals surface area contributed by atoms with E-state index in [2.05, 4.69) is 4.98 Å². The van der Waals surface area contributed by atoms with Gasteiger partial charge in [0.05, 0.1) is 0 Å². The van der Waals surface area contributed by atoms with Crippen molar-refractivity contribution in [3.63, 3.8) is 0 Å². The zero-order valence-corrected chi connectivity index (χ0v) is 11.6. The average molecular weight is 288 g/mol. The number of rotatable bonds is 3. The van der Waals surface area contributed by atoms with Gasteiger partial charge in [-0.1, -0.05) is 12.2 Å². The number of aryl methyl sites for hydroxylation is 1. The van der Waals surface area contributed by atoms with E-state index < -0.39 is 0 Å². The third-order valence-electron chi connectivity index (χ3n) is 2.78. The number of fused-ring (bicyclic) bond motifs is 1. The summed E-state index contributed by atoms with van der Waals surface area (Å²) < 4.78 is 16.3. The molecule has 6 heteroatoms. The Labute approximate surface area is 121 Å². The molecule has 0 saturated heterocycles. The fraction of sp³-hybridized carbons (Fsp3) is 0.143. The van der Waals surface area contributed by atoms with Gasteiger partial charge >= 0.3 is 0 Å². The van der Waals surface area contributed by atoms with Gasteiger partial charge in [-0.05, 0) is 25.1 Å². The van der Waals surface area contributed by atoms with Crippen molar-refractivity contribution in [2.24, 2.45) is 5.73 Å². The Hall–Kier alpha value is -2.34. The van der Waals surface area contributed by atoms with Gasteiger partial charge in [0.25, 0.3) is 0 Å². The first-order valence-electron chi connectivity index (χ1n) is 5.98. The molecule has 1 aromatic heterocycles. The van der Waals surface area contributed by atoms with Gasteiger partial charge in [-0.15, -0.1) is 0 Å². The standard InChI is InChI=1S/C14H12N2O3S/c1-8-4-9(14(15)20)5-13(16-8)19-10-2-3-11-12(6-10)18-7-17-11/h2-6H,7H2,1H3,(H2,15,20). The number of hydrogen-bond donors (Lipinski definition) is 1. The number of benzene rings is 1. The molecule has 0 saturated carbocycles. The minimum absolute atomic E-state index is 0.229. The fourth-order valence-corrected chi connectivity index (χ4v) is 2.01. The van der Waals surface area contributed by atoms with Gasteiger partial charge < -0.3 is 19.9 Å². The topological polar surface area (TPSA) is 66.6 Å². The largest absolute Gasteiger partial charge is 0.454 e. The van der Waals surface area contributed by atoms with E-state index in [4.69, 9.17) is 32.2 Å². The number of pyridine rings is 1. The van der Waals surface area contributed by atoms with Crippen LogP contribution in [0.3, 0.4) is 0 Å². The van der Waals surface area contributed by atoms with Crippen LogP contribution in [-0.4, -0.2) is 16.8 Å². The lowest BCUT2D eigenvalue weighted by molar-refractivity contribution is 0.174. The smallest absolute Gasteiger partial charge is 0.231 e. The van der Waals surface area contributed by atoms with E-state index >= 15 is 0 Å². The van der Waals surface area contributed by atoms with Crippen molar-refractivity contribution in [2.75, 3.05) is 6.79 Å². The first-order chi connectivity index (χ1) is 9.61. The van der Waals surface area contributed by atoms with Crippen LogP contribution in [0.25, 0.3) is 0 Å². The molecular weight excluding hydrogens is 276 g/mol. The second kappa shape index (κ2) is 4.97. The molecule has 2 N–H and O–H groups in total. The molecule has 0 spiro atoms. The number of ether oxygens (including phenoxy) is 3. The highest BCUT2D eigenvalue weighted by Crippen LogP contribution is 2.36. The van der Waals surface area contributed by atoms with Crippen molar-refractivity contribution in [1.29, 1.82) is 0 Å². The summed E-state index contributed by atoms with van der Waals surface area (Å²) in [5.74, 6) is 2.41. The second-order valence-corrected chi connectivity index (χ2v) is 4.76. The van der Waals surface area contributed by atoms with E-state index in [0.717, 1.165) is 11.3 Å². The lowest BCUT2D eigenvalue weighted by Crippen LogP contribution is -2.10. The van der Waals surface area contributed by atoms with E-state index in [0.29, 0.717) is 28.1 Å². The minimum atomic E-state index is 0.229. The van der Waals surface area contributed by atoms with Gasteiger partial charge in [-0.25, -0.2) is 4.98 Å². The van der Waals surface area contributed by atoms with Crippen molar-refractivity contribution in [3.05, 3.63) is 41.6 Å². The van der Waals surface area contributed by atoms with Crippen LogP contribution < -0.4 is 19.9 Å². The lowest BCUT2D eigenvalue weighted by Gasteiger charge is -2.08. The molecule has 1 aliphatic heterocycles. The van der Waals surface area contributed by atoms with Crippen LogP contribution in [0.5, 0.6) is 23.1 Å². The number of aromatic nitrogens is 1. The van der Waals surface area contributed by atoms with E-state index in [1.807, 2.05) is 13.0 Å². The van der Waals surface area contributed by atoms with E-state index in [9.17, 15) is 0 Å². The highest BCUT2D eigenvalue weighted by atomic mass is 32.1. The molecule has 0 aliphatic carbocycles. The Morgan fingerprint density at radius 3 is 2.85 bits per heavy atom. The normalized spacial score (nSPS) is 12.2. The first-order valence-corrected chi connectivity index (χ1v) is 6.38. The molecule has 0 radical (unpaired) electrons. The third-order valence-corrected chi connectivity index (χ3v) is 3.02. The van der Waals surface area contributed by atoms with Gasteiger partial charge in [0.15, 0.2) is 11.5 Å². The van der Waals surface area contributed by atoms with E-state index in [1.165, 1.54) is 0 Å². The molecule has 0 amide bonds. The van der Waals surface area contributed by atoms with Crippen LogP contribution in [0, 0.1) is 6.92 Å². The van der Waals surface area contributed by atoms with Gasteiger partial charge in [0, 0.05) is 23.4 Å². The number of hydrogen-bond acceptors (Lipinski definition) is 5. The quantitative estimate of drug-likeness (QED) is 0.876. The zero-order valence-electron chi connectivity index (χ0n) is 10.8. The predicted molar refractivity (Wildman–Crippen MR) is 77.5 cm³/mol. The Balaban J connectivity index is 1.89. The number of nitrogens with zero attached hydrogens (tertiary/aromatic N) is 1. The summed E-state index contributed by atoms with van der Waals surface area (Å²) in [6.45, 7) is 2.08. The Morgan fingerprint density at radius 2 is 2.05 bits per heavy atom. The van der Waals surface area contributed by atoms with Crippen LogP contribution in [0.15, 0.2) is 30.3 Å². The number of thiocarbonyl (C=S) groups is 1.